The summed E-state index contributed by atoms with van der Waals surface area (Å²) in [6.45, 7) is 8.64. The van der Waals surface area contributed by atoms with E-state index < -0.39 is 0 Å². The molecule has 0 unspecified atom stereocenters. The normalized spacial score (nSPS) is 13.7. The fraction of sp³-hybridized carbons (Fsp3) is 0.833. The van der Waals surface area contributed by atoms with Crippen LogP contribution in [0.3, 0.4) is 0 Å². The van der Waals surface area contributed by atoms with Crippen LogP contribution in [0.5, 0.6) is 0 Å². The quantitative estimate of drug-likeness (QED) is 0.808. The molecule has 4 nitrogen and oxygen atoms in total. The van der Waals surface area contributed by atoms with E-state index in [2.05, 4.69) is 37.8 Å². The Morgan fingerprint density at radius 3 is 2.44 bits per heavy atom. The first kappa shape index (κ1) is 13.2. The Kier molecular flexibility index (Phi) is 4.93. The topological polar surface area (TPSA) is 64.9 Å². The van der Waals surface area contributed by atoms with Gasteiger partial charge < -0.3 is 10.3 Å². The van der Waals surface area contributed by atoms with Gasteiger partial charge in [0.05, 0.1) is 6.04 Å². The van der Waals surface area contributed by atoms with Crippen LogP contribution in [0.15, 0.2) is 4.52 Å². The average Bonchev–Trinajstić information content (AvgIpc) is 2.61. The molecular weight excluding hydrogens is 202 g/mol. The van der Waals surface area contributed by atoms with Gasteiger partial charge in [0.15, 0.2) is 5.82 Å². The molecule has 1 atom stereocenters. The lowest BCUT2D eigenvalue weighted by atomic mass is 10.0. The summed E-state index contributed by atoms with van der Waals surface area (Å²) in [5.41, 5.74) is 5.97. The molecule has 16 heavy (non-hydrogen) atoms. The number of nitrogens with zero attached hydrogens (tertiary/aromatic N) is 2. The van der Waals surface area contributed by atoms with Crippen molar-refractivity contribution in [3.63, 3.8) is 0 Å². The Labute approximate surface area is 97.6 Å². The van der Waals surface area contributed by atoms with E-state index in [9.17, 15) is 0 Å². The SMILES string of the molecule is CC(C)CCc1noc([C@@H](N)CC(C)C)n1. The zero-order valence-electron chi connectivity index (χ0n) is 10.7. The maximum Gasteiger partial charge on any atom is 0.243 e. The second kappa shape index (κ2) is 5.99. The molecule has 4 heteroatoms. The largest absolute Gasteiger partial charge is 0.338 e. The lowest BCUT2D eigenvalue weighted by molar-refractivity contribution is 0.332. The van der Waals surface area contributed by atoms with Crippen LogP contribution in [0.25, 0.3) is 0 Å². The maximum absolute atomic E-state index is 5.97. The summed E-state index contributed by atoms with van der Waals surface area (Å²) in [7, 11) is 0. The minimum absolute atomic E-state index is 0.125. The van der Waals surface area contributed by atoms with Gasteiger partial charge in [-0.05, 0) is 24.7 Å². The van der Waals surface area contributed by atoms with Gasteiger partial charge in [-0.1, -0.05) is 32.9 Å². The van der Waals surface area contributed by atoms with Crippen LogP contribution in [0.4, 0.5) is 0 Å². The minimum atomic E-state index is -0.125. The molecule has 0 aliphatic heterocycles. The molecule has 0 bridgehead atoms. The van der Waals surface area contributed by atoms with E-state index in [1.165, 1.54) is 0 Å². The van der Waals surface area contributed by atoms with Crippen LogP contribution in [-0.2, 0) is 6.42 Å². The van der Waals surface area contributed by atoms with E-state index in [0.717, 1.165) is 25.1 Å². The first-order valence-electron chi connectivity index (χ1n) is 6.07. The van der Waals surface area contributed by atoms with E-state index in [1.807, 2.05) is 0 Å². The molecule has 1 heterocycles. The average molecular weight is 225 g/mol. The summed E-state index contributed by atoms with van der Waals surface area (Å²) >= 11 is 0. The van der Waals surface area contributed by atoms with Crippen molar-refractivity contribution in [3.05, 3.63) is 11.7 Å². The summed E-state index contributed by atoms with van der Waals surface area (Å²) in [4.78, 5) is 4.33. The monoisotopic (exact) mass is 225 g/mol. The number of rotatable bonds is 6. The Hall–Kier alpha value is -0.900. The molecule has 0 aliphatic rings. The highest BCUT2D eigenvalue weighted by molar-refractivity contribution is 4.92. The zero-order chi connectivity index (χ0) is 12.1. The van der Waals surface area contributed by atoms with Crippen LogP contribution in [0, 0.1) is 11.8 Å². The second-order valence-corrected chi connectivity index (χ2v) is 5.22. The molecule has 92 valence electrons. The van der Waals surface area contributed by atoms with Gasteiger partial charge >= 0.3 is 0 Å². The molecule has 0 fully saturated rings. The number of hydrogen-bond donors (Lipinski definition) is 1. The molecule has 0 amide bonds. The Morgan fingerprint density at radius 1 is 1.19 bits per heavy atom. The van der Waals surface area contributed by atoms with E-state index in [4.69, 9.17) is 10.3 Å². The van der Waals surface area contributed by atoms with Gasteiger partial charge in [0.1, 0.15) is 0 Å². The molecule has 0 aromatic carbocycles. The lowest BCUT2D eigenvalue weighted by Crippen LogP contribution is -2.13. The molecule has 2 N–H and O–H groups in total. The van der Waals surface area contributed by atoms with Crippen LogP contribution < -0.4 is 5.73 Å². The van der Waals surface area contributed by atoms with Gasteiger partial charge in [0, 0.05) is 6.42 Å². The van der Waals surface area contributed by atoms with Gasteiger partial charge in [0.25, 0.3) is 0 Å². The predicted molar refractivity (Wildman–Crippen MR) is 63.8 cm³/mol. The third kappa shape index (κ3) is 4.31. The molecule has 0 aliphatic carbocycles. The Bertz CT molecular complexity index is 307. The van der Waals surface area contributed by atoms with Gasteiger partial charge in [-0.25, -0.2) is 0 Å². The van der Waals surface area contributed by atoms with E-state index >= 15 is 0 Å². The molecule has 1 rings (SSSR count). The Morgan fingerprint density at radius 2 is 1.88 bits per heavy atom. The molecule has 1 aromatic rings. The maximum atomic E-state index is 5.97. The first-order chi connectivity index (χ1) is 7.49. The van der Waals surface area contributed by atoms with Gasteiger partial charge in [-0.3, -0.25) is 0 Å². The number of nitrogens with two attached hydrogens (primary N) is 1. The highest BCUT2D eigenvalue weighted by Gasteiger charge is 2.15. The third-order valence-corrected chi connectivity index (χ3v) is 2.47. The second-order valence-electron chi connectivity index (χ2n) is 5.22. The lowest BCUT2D eigenvalue weighted by Gasteiger charge is -2.08. The minimum Gasteiger partial charge on any atom is -0.338 e. The standard InChI is InChI=1S/C12H23N3O/c1-8(2)5-6-11-14-12(16-15-11)10(13)7-9(3)4/h8-10H,5-7,13H2,1-4H3/t10-/m0/s1. The van der Waals surface area contributed by atoms with Gasteiger partial charge in [-0.2, -0.15) is 4.98 Å². The Balaban J connectivity index is 2.50. The van der Waals surface area contributed by atoms with Crippen molar-refractivity contribution >= 4 is 0 Å². The number of hydrogen-bond acceptors (Lipinski definition) is 4. The van der Waals surface area contributed by atoms with E-state index in [1.54, 1.807) is 0 Å². The highest BCUT2D eigenvalue weighted by Crippen LogP contribution is 2.17. The van der Waals surface area contributed by atoms with E-state index in [-0.39, 0.29) is 6.04 Å². The van der Waals surface area contributed by atoms with Crippen molar-refractivity contribution < 1.29 is 4.52 Å². The van der Waals surface area contributed by atoms with Gasteiger partial charge in [0.2, 0.25) is 5.89 Å². The molecule has 0 saturated heterocycles. The van der Waals surface area contributed by atoms with Crippen LogP contribution >= 0.6 is 0 Å². The van der Waals surface area contributed by atoms with Crippen molar-refractivity contribution in [2.24, 2.45) is 17.6 Å². The van der Waals surface area contributed by atoms with Crippen molar-refractivity contribution in [1.29, 1.82) is 0 Å². The summed E-state index contributed by atoms with van der Waals surface area (Å²) in [5.74, 6) is 2.56. The zero-order valence-corrected chi connectivity index (χ0v) is 10.7. The van der Waals surface area contributed by atoms with Crippen molar-refractivity contribution in [3.8, 4) is 0 Å². The van der Waals surface area contributed by atoms with Crippen LogP contribution in [0.1, 0.15) is 58.3 Å². The van der Waals surface area contributed by atoms with Crippen molar-refractivity contribution in [2.75, 3.05) is 0 Å². The van der Waals surface area contributed by atoms with Gasteiger partial charge in [-0.15, -0.1) is 0 Å². The van der Waals surface area contributed by atoms with Crippen molar-refractivity contribution in [1.82, 2.24) is 10.1 Å². The summed E-state index contributed by atoms with van der Waals surface area (Å²) < 4.78 is 5.17. The van der Waals surface area contributed by atoms with Crippen LogP contribution in [-0.4, -0.2) is 10.1 Å². The summed E-state index contributed by atoms with van der Waals surface area (Å²) in [6, 6.07) is -0.125. The fourth-order valence-electron chi connectivity index (χ4n) is 1.55. The number of aryl methyl sites for hydroxylation is 1. The molecule has 1 aromatic heterocycles. The molecule has 0 spiro atoms. The number of aromatic nitrogens is 2. The fourth-order valence-corrected chi connectivity index (χ4v) is 1.55. The van der Waals surface area contributed by atoms with Crippen molar-refractivity contribution in [2.45, 2.75) is 53.0 Å². The highest BCUT2D eigenvalue weighted by atomic mass is 16.5. The summed E-state index contributed by atoms with van der Waals surface area (Å²) in [6.07, 6.45) is 2.83. The first-order valence-corrected chi connectivity index (χ1v) is 6.07. The summed E-state index contributed by atoms with van der Waals surface area (Å²) in [5, 5.41) is 3.95. The smallest absolute Gasteiger partial charge is 0.243 e. The molecule has 0 radical (unpaired) electrons. The van der Waals surface area contributed by atoms with E-state index in [0.29, 0.717) is 17.7 Å². The molecule has 0 saturated carbocycles. The molecular formula is C12H23N3O. The predicted octanol–water partition coefficient (Wildman–Crippen LogP) is 2.70. The third-order valence-electron chi connectivity index (χ3n) is 2.47. The van der Waals surface area contributed by atoms with Crippen LogP contribution in [0.2, 0.25) is 0 Å².